The Kier molecular flexibility index (Phi) is 4.27. The van der Waals surface area contributed by atoms with Gasteiger partial charge >= 0.3 is 0 Å². The maximum Gasteiger partial charge on any atom is 0.0724 e. The van der Waals surface area contributed by atoms with Crippen molar-refractivity contribution in [2.24, 2.45) is 0 Å². The first-order chi connectivity index (χ1) is 6.27. The predicted octanol–water partition coefficient (Wildman–Crippen LogP) is 1.56. The van der Waals surface area contributed by atoms with Crippen LogP contribution in [0.1, 0.15) is 32.6 Å². The molecule has 13 heavy (non-hydrogen) atoms. The minimum atomic E-state index is 0.153. The van der Waals surface area contributed by atoms with Gasteiger partial charge in [-0.15, -0.1) is 6.42 Å². The first kappa shape index (κ1) is 10.6. The summed E-state index contributed by atoms with van der Waals surface area (Å²) in [4.78, 5) is 0. The first-order valence-corrected chi connectivity index (χ1v) is 5.03. The van der Waals surface area contributed by atoms with Gasteiger partial charge < -0.3 is 4.74 Å². The van der Waals surface area contributed by atoms with Gasteiger partial charge in [-0.05, 0) is 19.8 Å². The largest absolute Gasteiger partial charge is 0.380 e. The van der Waals surface area contributed by atoms with E-state index >= 15 is 0 Å². The van der Waals surface area contributed by atoms with Crippen molar-refractivity contribution in [1.29, 1.82) is 0 Å². The third-order valence-electron chi connectivity index (χ3n) is 2.72. The van der Waals surface area contributed by atoms with E-state index < -0.39 is 0 Å². The van der Waals surface area contributed by atoms with Crippen LogP contribution in [0.5, 0.6) is 0 Å². The van der Waals surface area contributed by atoms with E-state index in [1.807, 2.05) is 6.92 Å². The Balaban J connectivity index is 2.41. The predicted molar refractivity (Wildman–Crippen MR) is 54.5 cm³/mol. The number of terminal acetylenes is 1. The molecule has 0 radical (unpaired) electrons. The third-order valence-corrected chi connectivity index (χ3v) is 2.72. The lowest BCUT2D eigenvalue weighted by Crippen LogP contribution is -2.46. The van der Waals surface area contributed by atoms with Gasteiger partial charge in [-0.3, -0.25) is 5.32 Å². The Morgan fingerprint density at radius 1 is 1.46 bits per heavy atom. The van der Waals surface area contributed by atoms with E-state index in [0.717, 1.165) is 6.42 Å². The molecule has 0 spiro atoms. The highest BCUT2D eigenvalue weighted by Gasteiger charge is 2.25. The van der Waals surface area contributed by atoms with E-state index in [2.05, 4.69) is 11.2 Å². The van der Waals surface area contributed by atoms with E-state index in [0.29, 0.717) is 12.1 Å². The lowest BCUT2D eigenvalue weighted by molar-refractivity contribution is 0.0405. The topological polar surface area (TPSA) is 21.3 Å². The standard InChI is InChI=1S/C11H19NO/c1-4-9(2)12-10-7-5-6-8-11(10)13-3/h1,9-12H,5-8H2,2-3H3. The van der Waals surface area contributed by atoms with Gasteiger partial charge in [0, 0.05) is 13.2 Å². The molecular weight excluding hydrogens is 162 g/mol. The molecule has 0 saturated heterocycles. The van der Waals surface area contributed by atoms with E-state index in [4.69, 9.17) is 11.2 Å². The quantitative estimate of drug-likeness (QED) is 0.667. The van der Waals surface area contributed by atoms with Crippen LogP contribution in [-0.4, -0.2) is 25.3 Å². The number of rotatable bonds is 3. The van der Waals surface area contributed by atoms with Crippen molar-refractivity contribution in [2.45, 2.75) is 50.8 Å². The monoisotopic (exact) mass is 181 g/mol. The first-order valence-electron chi connectivity index (χ1n) is 5.03. The van der Waals surface area contributed by atoms with Gasteiger partial charge in [-0.25, -0.2) is 0 Å². The summed E-state index contributed by atoms with van der Waals surface area (Å²) in [6.45, 7) is 2.02. The van der Waals surface area contributed by atoms with Gasteiger partial charge in [-0.1, -0.05) is 18.8 Å². The SMILES string of the molecule is C#CC(C)NC1CCCCC1OC. The fourth-order valence-corrected chi connectivity index (χ4v) is 1.94. The summed E-state index contributed by atoms with van der Waals surface area (Å²) in [7, 11) is 1.78. The molecule has 1 fully saturated rings. The molecule has 2 nitrogen and oxygen atoms in total. The zero-order valence-electron chi connectivity index (χ0n) is 8.55. The van der Waals surface area contributed by atoms with Crippen molar-refractivity contribution >= 4 is 0 Å². The van der Waals surface area contributed by atoms with Crippen LogP contribution in [0.4, 0.5) is 0 Å². The Labute approximate surface area is 81.0 Å². The van der Waals surface area contributed by atoms with Crippen LogP contribution in [-0.2, 0) is 4.74 Å². The molecule has 0 aromatic rings. The molecule has 1 saturated carbocycles. The highest BCUT2D eigenvalue weighted by atomic mass is 16.5. The molecule has 74 valence electrons. The van der Waals surface area contributed by atoms with Crippen LogP contribution >= 0.6 is 0 Å². The minimum Gasteiger partial charge on any atom is -0.380 e. The van der Waals surface area contributed by atoms with Crippen LogP contribution in [0.2, 0.25) is 0 Å². The molecule has 0 heterocycles. The molecule has 1 N–H and O–H groups in total. The number of hydrogen-bond acceptors (Lipinski definition) is 2. The zero-order chi connectivity index (χ0) is 9.68. The summed E-state index contributed by atoms with van der Waals surface area (Å²) in [5.74, 6) is 2.69. The van der Waals surface area contributed by atoms with Gasteiger partial charge in [0.1, 0.15) is 0 Å². The van der Waals surface area contributed by atoms with Gasteiger partial charge in [0.2, 0.25) is 0 Å². The molecule has 1 rings (SSSR count). The van der Waals surface area contributed by atoms with Crippen molar-refractivity contribution in [3.05, 3.63) is 0 Å². The summed E-state index contributed by atoms with van der Waals surface area (Å²) < 4.78 is 5.42. The van der Waals surface area contributed by atoms with Crippen LogP contribution in [0.3, 0.4) is 0 Å². The van der Waals surface area contributed by atoms with Gasteiger partial charge in [-0.2, -0.15) is 0 Å². The van der Waals surface area contributed by atoms with Gasteiger partial charge in [0.05, 0.1) is 12.1 Å². The third kappa shape index (κ3) is 3.02. The smallest absolute Gasteiger partial charge is 0.0724 e. The lowest BCUT2D eigenvalue weighted by atomic mass is 9.92. The highest BCUT2D eigenvalue weighted by molar-refractivity contribution is 4.98. The maximum absolute atomic E-state index is 5.42. The fourth-order valence-electron chi connectivity index (χ4n) is 1.94. The van der Waals surface area contributed by atoms with Crippen molar-refractivity contribution in [1.82, 2.24) is 5.32 Å². The lowest BCUT2D eigenvalue weighted by Gasteiger charge is -2.32. The number of hydrogen-bond donors (Lipinski definition) is 1. The Morgan fingerprint density at radius 2 is 2.15 bits per heavy atom. The molecule has 2 heteroatoms. The number of ether oxygens (including phenoxy) is 1. The van der Waals surface area contributed by atoms with Crippen molar-refractivity contribution in [2.75, 3.05) is 7.11 Å². The normalized spacial score (nSPS) is 30.8. The number of nitrogens with one attached hydrogen (secondary N) is 1. The molecule has 0 bridgehead atoms. The Hall–Kier alpha value is -0.520. The Morgan fingerprint density at radius 3 is 2.77 bits per heavy atom. The molecular formula is C11H19NO. The molecule has 0 amide bonds. The maximum atomic E-state index is 5.42. The second-order valence-corrected chi connectivity index (χ2v) is 3.72. The second-order valence-electron chi connectivity index (χ2n) is 3.72. The van der Waals surface area contributed by atoms with E-state index in [-0.39, 0.29) is 6.04 Å². The van der Waals surface area contributed by atoms with E-state index in [1.165, 1.54) is 19.3 Å². The van der Waals surface area contributed by atoms with Crippen molar-refractivity contribution < 1.29 is 4.74 Å². The zero-order valence-corrected chi connectivity index (χ0v) is 8.55. The average Bonchev–Trinajstić information content (AvgIpc) is 2.18. The molecule has 1 aliphatic rings. The Bertz CT molecular complexity index is 185. The second kappa shape index (κ2) is 5.26. The molecule has 1 aliphatic carbocycles. The number of methoxy groups -OCH3 is 1. The fraction of sp³-hybridized carbons (Fsp3) is 0.818. The minimum absolute atomic E-state index is 0.153. The summed E-state index contributed by atoms with van der Waals surface area (Å²) >= 11 is 0. The average molecular weight is 181 g/mol. The van der Waals surface area contributed by atoms with Crippen LogP contribution in [0.25, 0.3) is 0 Å². The molecule has 3 unspecified atom stereocenters. The summed E-state index contributed by atoms with van der Waals surface area (Å²) in [5, 5.41) is 3.41. The van der Waals surface area contributed by atoms with E-state index in [9.17, 15) is 0 Å². The molecule has 0 aromatic carbocycles. The van der Waals surface area contributed by atoms with Gasteiger partial charge in [0.15, 0.2) is 0 Å². The van der Waals surface area contributed by atoms with Gasteiger partial charge in [0.25, 0.3) is 0 Å². The molecule has 0 aliphatic heterocycles. The summed E-state index contributed by atoms with van der Waals surface area (Å²) in [5.41, 5.74) is 0. The van der Waals surface area contributed by atoms with Crippen molar-refractivity contribution in [3.8, 4) is 12.3 Å². The van der Waals surface area contributed by atoms with Crippen LogP contribution in [0, 0.1) is 12.3 Å². The van der Waals surface area contributed by atoms with Crippen LogP contribution < -0.4 is 5.32 Å². The van der Waals surface area contributed by atoms with E-state index in [1.54, 1.807) is 7.11 Å². The van der Waals surface area contributed by atoms with Crippen LogP contribution in [0.15, 0.2) is 0 Å². The summed E-state index contributed by atoms with van der Waals surface area (Å²) in [6.07, 6.45) is 10.6. The highest BCUT2D eigenvalue weighted by Crippen LogP contribution is 2.20. The summed E-state index contributed by atoms with van der Waals surface area (Å²) in [6, 6.07) is 0.602. The molecule has 0 aromatic heterocycles. The molecule has 3 atom stereocenters. The van der Waals surface area contributed by atoms with Crippen molar-refractivity contribution in [3.63, 3.8) is 0 Å².